The standard InChI is InChI=1S/C12H22N2O2/c1-12(2,3)16-11(15)14-10-7-4-5-8(10)9(13)6-7/h7-10H,4-6,13H2,1-3H3,(H,14,15)/t7-,8+,9-,10+/m0/s1. The van der Waals surface area contributed by atoms with E-state index in [4.69, 9.17) is 10.5 Å². The monoisotopic (exact) mass is 226 g/mol. The van der Waals surface area contributed by atoms with Gasteiger partial charge >= 0.3 is 6.09 Å². The highest BCUT2D eigenvalue weighted by Crippen LogP contribution is 2.43. The molecule has 0 saturated heterocycles. The van der Waals surface area contributed by atoms with Crippen LogP contribution in [0.25, 0.3) is 0 Å². The maximum atomic E-state index is 11.7. The lowest BCUT2D eigenvalue weighted by atomic mass is 9.96. The topological polar surface area (TPSA) is 64.3 Å². The van der Waals surface area contributed by atoms with Crippen LogP contribution >= 0.6 is 0 Å². The van der Waals surface area contributed by atoms with Gasteiger partial charge in [-0.3, -0.25) is 0 Å². The summed E-state index contributed by atoms with van der Waals surface area (Å²) >= 11 is 0. The van der Waals surface area contributed by atoms with Crippen LogP contribution in [0.2, 0.25) is 0 Å². The minimum atomic E-state index is -0.427. The van der Waals surface area contributed by atoms with Crippen molar-refractivity contribution in [2.45, 2.75) is 57.7 Å². The summed E-state index contributed by atoms with van der Waals surface area (Å²) in [4.78, 5) is 11.7. The molecular formula is C12H22N2O2. The van der Waals surface area contributed by atoms with E-state index in [1.165, 1.54) is 6.42 Å². The molecule has 4 atom stereocenters. The third-order valence-electron chi connectivity index (χ3n) is 3.65. The molecule has 0 aromatic rings. The Morgan fingerprint density at radius 2 is 2.06 bits per heavy atom. The number of alkyl carbamates (subject to hydrolysis) is 1. The van der Waals surface area contributed by atoms with Gasteiger partial charge in [-0.15, -0.1) is 0 Å². The van der Waals surface area contributed by atoms with Crippen molar-refractivity contribution >= 4 is 6.09 Å². The van der Waals surface area contributed by atoms with Gasteiger partial charge in [0.2, 0.25) is 0 Å². The second kappa shape index (κ2) is 3.91. The molecule has 4 heteroatoms. The van der Waals surface area contributed by atoms with E-state index < -0.39 is 5.60 Å². The van der Waals surface area contributed by atoms with Crippen molar-refractivity contribution in [3.63, 3.8) is 0 Å². The quantitative estimate of drug-likeness (QED) is 0.714. The predicted octanol–water partition coefficient (Wildman–Crippen LogP) is 1.64. The van der Waals surface area contributed by atoms with Crippen LogP contribution in [0.15, 0.2) is 0 Å². The first-order chi connectivity index (χ1) is 7.37. The first-order valence-corrected chi connectivity index (χ1v) is 6.12. The van der Waals surface area contributed by atoms with Crippen molar-refractivity contribution in [2.75, 3.05) is 0 Å². The number of fused-ring (bicyclic) bond motifs is 2. The van der Waals surface area contributed by atoms with E-state index in [0.717, 1.165) is 12.8 Å². The number of nitrogens with two attached hydrogens (primary N) is 1. The van der Waals surface area contributed by atoms with E-state index in [2.05, 4.69) is 5.32 Å². The van der Waals surface area contributed by atoms with Gasteiger partial charge in [0.05, 0.1) is 0 Å². The Morgan fingerprint density at radius 1 is 1.38 bits per heavy atom. The summed E-state index contributed by atoms with van der Waals surface area (Å²) in [5, 5.41) is 2.99. The van der Waals surface area contributed by atoms with E-state index >= 15 is 0 Å². The van der Waals surface area contributed by atoms with Crippen molar-refractivity contribution in [2.24, 2.45) is 17.6 Å². The molecule has 2 aliphatic rings. The number of carbonyl (C=O) groups is 1. The molecule has 1 amide bonds. The molecule has 2 bridgehead atoms. The Bertz CT molecular complexity index is 285. The van der Waals surface area contributed by atoms with Gasteiger partial charge in [-0.2, -0.15) is 0 Å². The third kappa shape index (κ3) is 2.32. The second-order valence-corrected chi connectivity index (χ2v) is 6.07. The van der Waals surface area contributed by atoms with Crippen LogP contribution in [-0.4, -0.2) is 23.8 Å². The fraction of sp³-hybridized carbons (Fsp3) is 0.917. The second-order valence-electron chi connectivity index (χ2n) is 6.07. The fourth-order valence-corrected chi connectivity index (χ4v) is 3.05. The summed E-state index contributed by atoms with van der Waals surface area (Å²) in [6.45, 7) is 5.63. The number of carbonyl (C=O) groups excluding carboxylic acids is 1. The Kier molecular flexibility index (Phi) is 2.86. The molecule has 0 heterocycles. The van der Waals surface area contributed by atoms with Crippen LogP contribution in [0.3, 0.4) is 0 Å². The van der Waals surface area contributed by atoms with Crippen molar-refractivity contribution in [1.82, 2.24) is 5.32 Å². The number of ether oxygens (including phenoxy) is 1. The molecule has 2 fully saturated rings. The minimum absolute atomic E-state index is 0.241. The Labute approximate surface area is 96.9 Å². The predicted molar refractivity (Wildman–Crippen MR) is 62.0 cm³/mol. The van der Waals surface area contributed by atoms with E-state index in [9.17, 15) is 4.79 Å². The van der Waals surface area contributed by atoms with Gasteiger partial charge in [-0.05, 0) is 51.9 Å². The molecule has 0 aromatic carbocycles. The van der Waals surface area contributed by atoms with Crippen LogP contribution < -0.4 is 11.1 Å². The molecular weight excluding hydrogens is 204 g/mol. The number of hydrogen-bond acceptors (Lipinski definition) is 3. The summed E-state index contributed by atoms with van der Waals surface area (Å²) in [6, 6.07) is 0.503. The van der Waals surface area contributed by atoms with Gasteiger partial charge in [-0.1, -0.05) is 0 Å². The van der Waals surface area contributed by atoms with Crippen LogP contribution in [0.1, 0.15) is 40.0 Å². The SMILES string of the molecule is CC(C)(C)OC(=O)N[C@@H]1[C@H]2CC[C@@H]1[C@@H](N)C2. The van der Waals surface area contributed by atoms with Gasteiger partial charge in [0, 0.05) is 12.1 Å². The van der Waals surface area contributed by atoms with Gasteiger partial charge in [0.25, 0.3) is 0 Å². The van der Waals surface area contributed by atoms with Crippen LogP contribution in [0.5, 0.6) is 0 Å². The van der Waals surface area contributed by atoms with Crippen molar-refractivity contribution in [1.29, 1.82) is 0 Å². The van der Waals surface area contributed by atoms with E-state index in [1.54, 1.807) is 0 Å². The first kappa shape index (κ1) is 11.7. The van der Waals surface area contributed by atoms with E-state index in [1.807, 2.05) is 20.8 Å². The maximum Gasteiger partial charge on any atom is 0.407 e. The lowest BCUT2D eigenvalue weighted by molar-refractivity contribution is 0.0490. The Morgan fingerprint density at radius 3 is 2.50 bits per heavy atom. The average molecular weight is 226 g/mol. The fourth-order valence-electron chi connectivity index (χ4n) is 3.05. The number of hydrogen-bond donors (Lipinski definition) is 2. The molecule has 4 nitrogen and oxygen atoms in total. The van der Waals surface area contributed by atoms with Gasteiger partial charge < -0.3 is 15.8 Å². The van der Waals surface area contributed by atoms with Crippen molar-refractivity contribution in [3.05, 3.63) is 0 Å². The highest BCUT2D eigenvalue weighted by atomic mass is 16.6. The van der Waals surface area contributed by atoms with Gasteiger partial charge in [0.15, 0.2) is 0 Å². The lowest BCUT2D eigenvalue weighted by Gasteiger charge is -2.23. The summed E-state index contributed by atoms with van der Waals surface area (Å²) in [5.74, 6) is 1.02. The minimum Gasteiger partial charge on any atom is -0.444 e. The largest absolute Gasteiger partial charge is 0.444 e. The summed E-state index contributed by atoms with van der Waals surface area (Å²) < 4.78 is 5.27. The van der Waals surface area contributed by atoms with Gasteiger partial charge in [-0.25, -0.2) is 4.79 Å². The van der Waals surface area contributed by atoms with Crippen molar-refractivity contribution < 1.29 is 9.53 Å². The zero-order valence-corrected chi connectivity index (χ0v) is 10.3. The zero-order chi connectivity index (χ0) is 11.9. The van der Waals surface area contributed by atoms with Crippen molar-refractivity contribution in [3.8, 4) is 0 Å². The Hall–Kier alpha value is -0.770. The summed E-state index contributed by atoms with van der Waals surface area (Å²) in [6.07, 6.45) is 3.08. The molecule has 0 aliphatic heterocycles. The molecule has 92 valence electrons. The lowest BCUT2D eigenvalue weighted by Crippen LogP contribution is -2.43. The average Bonchev–Trinajstić information content (AvgIpc) is 2.57. The maximum absolute atomic E-state index is 11.7. The number of amides is 1. The summed E-state index contributed by atoms with van der Waals surface area (Å²) in [5.41, 5.74) is 5.59. The number of nitrogens with one attached hydrogen (secondary N) is 1. The highest BCUT2D eigenvalue weighted by Gasteiger charge is 2.47. The van der Waals surface area contributed by atoms with Gasteiger partial charge in [0.1, 0.15) is 5.60 Å². The first-order valence-electron chi connectivity index (χ1n) is 6.12. The van der Waals surface area contributed by atoms with Crippen LogP contribution in [-0.2, 0) is 4.74 Å². The normalized spacial score (nSPS) is 37.5. The molecule has 2 aliphatic carbocycles. The molecule has 0 radical (unpaired) electrons. The molecule has 16 heavy (non-hydrogen) atoms. The highest BCUT2D eigenvalue weighted by molar-refractivity contribution is 5.68. The molecule has 2 saturated carbocycles. The smallest absolute Gasteiger partial charge is 0.407 e. The van der Waals surface area contributed by atoms with E-state index in [-0.39, 0.29) is 18.2 Å². The molecule has 3 N–H and O–H groups in total. The third-order valence-corrected chi connectivity index (χ3v) is 3.65. The molecule has 2 rings (SSSR count). The van der Waals surface area contributed by atoms with E-state index in [0.29, 0.717) is 11.8 Å². The summed E-state index contributed by atoms with van der Waals surface area (Å²) in [7, 11) is 0. The van der Waals surface area contributed by atoms with Crippen LogP contribution in [0, 0.1) is 11.8 Å². The molecule has 0 aromatic heterocycles. The van der Waals surface area contributed by atoms with Crippen LogP contribution in [0.4, 0.5) is 4.79 Å². The Balaban J connectivity index is 1.89. The number of rotatable bonds is 1. The molecule has 0 unspecified atom stereocenters. The molecule has 0 spiro atoms. The zero-order valence-electron chi connectivity index (χ0n) is 10.3.